The van der Waals surface area contributed by atoms with Gasteiger partial charge in [0.05, 0.1) is 17.4 Å². The molecule has 0 saturated heterocycles. The molecule has 3 aliphatic rings. The van der Waals surface area contributed by atoms with Crippen LogP contribution < -0.4 is 5.32 Å². The van der Waals surface area contributed by atoms with Crippen LogP contribution in [-0.4, -0.2) is 23.2 Å². The van der Waals surface area contributed by atoms with Crippen LogP contribution in [0.25, 0.3) is 11.8 Å². The molecule has 1 atom stereocenters. The minimum Gasteiger partial charge on any atom is -0.309 e. The molecule has 1 unspecified atom stereocenters. The molecule has 0 amide bonds. The van der Waals surface area contributed by atoms with Crippen LogP contribution in [0.1, 0.15) is 22.7 Å². The minimum atomic E-state index is -0.295. The van der Waals surface area contributed by atoms with Crippen molar-refractivity contribution in [2.75, 3.05) is 13.1 Å². The van der Waals surface area contributed by atoms with Gasteiger partial charge < -0.3 is 10.2 Å². The van der Waals surface area contributed by atoms with Crippen molar-refractivity contribution < 1.29 is 13.2 Å². The third kappa shape index (κ3) is 4.11. The number of aliphatic imine (C=N–C) groups is 1. The predicted molar refractivity (Wildman–Crippen MR) is 135 cm³/mol. The number of fused-ring (bicyclic) bond motifs is 1. The van der Waals surface area contributed by atoms with Gasteiger partial charge in [0.2, 0.25) is 0 Å². The zero-order chi connectivity index (χ0) is 23.9. The van der Waals surface area contributed by atoms with Gasteiger partial charge in [0, 0.05) is 18.5 Å². The first-order chi connectivity index (χ1) is 17.1. The zero-order valence-corrected chi connectivity index (χ0v) is 19.3. The van der Waals surface area contributed by atoms with Crippen molar-refractivity contribution in [3.63, 3.8) is 0 Å². The second-order valence-corrected chi connectivity index (χ2v) is 9.38. The van der Waals surface area contributed by atoms with Gasteiger partial charge in [0.15, 0.2) is 5.17 Å². The maximum absolute atomic E-state index is 13.8. The van der Waals surface area contributed by atoms with E-state index in [1.165, 1.54) is 48.2 Å². The van der Waals surface area contributed by atoms with Crippen LogP contribution in [0.2, 0.25) is 0 Å². The molecule has 0 aromatic heterocycles. The molecule has 0 spiro atoms. The molecule has 3 aliphatic heterocycles. The Morgan fingerprint density at radius 1 is 0.829 bits per heavy atom. The van der Waals surface area contributed by atoms with Crippen molar-refractivity contribution in [3.05, 3.63) is 129 Å². The summed E-state index contributed by atoms with van der Waals surface area (Å²) >= 11 is 1.52. The summed E-state index contributed by atoms with van der Waals surface area (Å²) in [6.07, 6.45) is 2.02. The highest BCUT2D eigenvalue weighted by atomic mass is 32.2. The summed E-state index contributed by atoms with van der Waals surface area (Å²) in [4.78, 5) is 7.20. The van der Waals surface area contributed by atoms with E-state index in [0.29, 0.717) is 13.1 Å². The van der Waals surface area contributed by atoms with Crippen LogP contribution in [0.5, 0.6) is 0 Å². The maximum atomic E-state index is 13.8. The molecule has 0 aliphatic carbocycles. The van der Waals surface area contributed by atoms with Crippen molar-refractivity contribution in [3.8, 4) is 0 Å². The van der Waals surface area contributed by atoms with Gasteiger partial charge in [-0.15, -0.1) is 0 Å². The number of benzene rings is 3. The summed E-state index contributed by atoms with van der Waals surface area (Å²) in [7, 11) is 0. The molecule has 3 nitrogen and oxygen atoms in total. The summed E-state index contributed by atoms with van der Waals surface area (Å²) < 4.78 is 40.9. The fourth-order valence-corrected chi connectivity index (χ4v) is 5.61. The van der Waals surface area contributed by atoms with E-state index in [1.807, 2.05) is 11.5 Å². The molecule has 0 bridgehead atoms. The summed E-state index contributed by atoms with van der Waals surface area (Å²) in [6.45, 7) is 1.25. The second kappa shape index (κ2) is 8.91. The Morgan fingerprint density at radius 3 is 2.14 bits per heavy atom. The van der Waals surface area contributed by atoms with Crippen molar-refractivity contribution in [2.45, 2.75) is 6.04 Å². The first-order valence-corrected chi connectivity index (χ1v) is 12.1. The number of nitrogens with one attached hydrogen (secondary N) is 1. The van der Waals surface area contributed by atoms with E-state index in [0.717, 1.165) is 44.4 Å². The van der Waals surface area contributed by atoms with E-state index in [9.17, 15) is 13.2 Å². The number of rotatable bonds is 3. The lowest BCUT2D eigenvalue weighted by Crippen LogP contribution is -2.40. The normalized spacial score (nSPS) is 20.5. The Bertz CT molecular complexity index is 1410. The van der Waals surface area contributed by atoms with Gasteiger partial charge in [0.1, 0.15) is 17.5 Å². The maximum Gasteiger partial charge on any atom is 0.174 e. The molecular formula is C28H20F3N3S. The topological polar surface area (TPSA) is 27.6 Å². The van der Waals surface area contributed by atoms with Gasteiger partial charge in [-0.1, -0.05) is 36.0 Å². The number of amidine groups is 1. The fraction of sp³-hybridized carbons (Fsp3) is 0.107. The van der Waals surface area contributed by atoms with Gasteiger partial charge in [0.25, 0.3) is 0 Å². The van der Waals surface area contributed by atoms with Crippen molar-refractivity contribution in [2.24, 2.45) is 4.99 Å². The lowest BCUT2D eigenvalue weighted by atomic mass is 9.88. The van der Waals surface area contributed by atoms with Crippen molar-refractivity contribution >= 4 is 28.7 Å². The standard InChI is InChI=1S/C28H20F3N3S/c29-21-7-1-17(2-8-21)13-20-14-32-15-24-26(20)33-28-34(27(24)19-5-11-23(31)12-6-19)25(16-35-28)18-3-9-22(30)10-4-18/h1-13,16,27,32H,14-15H2/b20-13+. The summed E-state index contributed by atoms with van der Waals surface area (Å²) in [5, 5.41) is 6.31. The molecular weight excluding hydrogens is 467 g/mol. The molecule has 3 heterocycles. The lowest BCUT2D eigenvalue weighted by molar-refractivity contribution is 0.461. The van der Waals surface area contributed by atoms with E-state index < -0.39 is 0 Å². The highest BCUT2D eigenvalue weighted by molar-refractivity contribution is 8.16. The average Bonchev–Trinajstić information content (AvgIpc) is 3.29. The van der Waals surface area contributed by atoms with Gasteiger partial charge in [-0.05, 0) is 82.4 Å². The Hall–Kier alpha value is -3.55. The molecule has 0 saturated carbocycles. The van der Waals surface area contributed by atoms with E-state index >= 15 is 0 Å². The van der Waals surface area contributed by atoms with Crippen LogP contribution in [-0.2, 0) is 0 Å². The van der Waals surface area contributed by atoms with E-state index in [2.05, 4.69) is 10.2 Å². The van der Waals surface area contributed by atoms with Gasteiger partial charge in [-0.3, -0.25) is 0 Å². The Balaban J connectivity index is 1.48. The number of hydrogen-bond donors (Lipinski definition) is 1. The smallest absolute Gasteiger partial charge is 0.174 e. The summed E-state index contributed by atoms with van der Waals surface area (Å²) in [6, 6.07) is 19.1. The van der Waals surface area contributed by atoms with Crippen LogP contribution in [0.3, 0.4) is 0 Å². The first-order valence-electron chi connectivity index (χ1n) is 11.2. The molecule has 174 valence electrons. The molecule has 1 N–H and O–H groups in total. The summed E-state index contributed by atoms with van der Waals surface area (Å²) in [5.41, 5.74) is 6.60. The van der Waals surface area contributed by atoms with Gasteiger partial charge in [-0.25, -0.2) is 18.2 Å². The zero-order valence-electron chi connectivity index (χ0n) is 18.5. The molecule has 0 radical (unpaired) electrons. The molecule has 3 aromatic carbocycles. The Labute approximate surface area is 205 Å². The molecule has 35 heavy (non-hydrogen) atoms. The third-order valence-electron chi connectivity index (χ3n) is 6.31. The van der Waals surface area contributed by atoms with Gasteiger partial charge >= 0.3 is 0 Å². The van der Waals surface area contributed by atoms with Crippen molar-refractivity contribution in [1.29, 1.82) is 0 Å². The average molecular weight is 488 g/mol. The predicted octanol–water partition coefficient (Wildman–Crippen LogP) is 6.50. The van der Waals surface area contributed by atoms with Crippen molar-refractivity contribution in [1.82, 2.24) is 10.2 Å². The molecule has 6 rings (SSSR count). The Morgan fingerprint density at radius 2 is 1.46 bits per heavy atom. The molecule has 0 fully saturated rings. The van der Waals surface area contributed by atoms with Crippen LogP contribution in [0, 0.1) is 17.5 Å². The second-order valence-electron chi connectivity index (χ2n) is 8.54. The number of halogens is 3. The third-order valence-corrected chi connectivity index (χ3v) is 7.15. The lowest BCUT2D eigenvalue weighted by Gasteiger charge is -2.40. The SMILES string of the molecule is Fc1ccc(/C=C2\CNCC3=C2N=C2SC=C(c4ccc(F)cc4)N2C3c2ccc(F)cc2)cc1. The Kier molecular flexibility index (Phi) is 5.59. The monoisotopic (exact) mass is 487 g/mol. The fourth-order valence-electron chi connectivity index (χ4n) is 4.68. The molecule has 7 heteroatoms. The quantitative estimate of drug-likeness (QED) is 0.457. The highest BCUT2D eigenvalue weighted by Gasteiger charge is 2.40. The minimum absolute atomic E-state index is 0.214. The van der Waals surface area contributed by atoms with Crippen LogP contribution in [0.15, 0.2) is 100 Å². The van der Waals surface area contributed by atoms with Crippen LogP contribution >= 0.6 is 11.8 Å². The number of hydrogen-bond acceptors (Lipinski definition) is 4. The number of thioether (sulfide) groups is 1. The highest BCUT2D eigenvalue weighted by Crippen LogP contribution is 2.48. The van der Waals surface area contributed by atoms with E-state index in [-0.39, 0.29) is 23.5 Å². The van der Waals surface area contributed by atoms with E-state index in [1.54, 1.807) is 36.4 Å². The van der Waals surface area contributed by atoms with E-state index in [4.69, 9.17) is 4.99 Å². The van der Waals surface area contributed by atoms with Crippen LogP contribution in [0.4, 0.5) is 13.2 Å². The first kappa shape index (κ1) is 21.9. The number of nitrogens with zero attached hydrogens (tertiary/aromatic N) is 2. The largest absolute Gasteiger partial charge is 0.309 e. The van der Waals surface area contributed by atoms with Gasteiger partial charge in [-0.2, -0.15) is 0 Å². The summed E-state index contributed by atoms with van der Waals surface area (Å²) in [5.74, 6) is -0.864. The molecule has 3 aromatic rings.